The minimum Gasteiger partial charge on any atom is -0.487 e. The summed E-state index contributed by atoms with van der Waals surface area (Å²) in [7, 11) is 0. The van der Waals surface area contributed by atoms with E-state index >= 15 is 0 Å². The summed E-state index contributed by atoms with van der Waals surface area (Å²) < 4.78 is 13.0. The highest BCUT2D eigenvalue weighted by atomic mass is 35.5. The molecule has 0 saturated carbocycles. The fraction of sp³-hybridized carbons (Fsp3) is 0.333. The van der Waals surface area contributed by atoms with E-state index in [1.54, 1.807) is 35.2 Å². The molecule has 1 aliphatic carbocycles. The topological polar surface area (TPSA) is 76.8 Å². The molecule has 8 heteroatoms. The summed E-state index contributed by atoms with van der Waals surface area (Å²) in [6.07, 6.45) is 7.01. The van der Waals surface area contributed by atoms with Crippen molar-refractivity contribution in [1.82, 2.24) is 14.5 Å². The number of ether oxygens (including phenoxy) is 2. The van der Waals surface area contributed by atoms with E-state index < -0.39 is 0 Å². The Morgan fingerprint density at radius 2 is 2.09 bits per heavy atom. The van der Waals surface area contributed by atoms with Crippen molar-refractivity contribution < 1.29 is 14.6 Å². The molecule has 1 atom stereocenters. The highest BCUT2D eigenvalue weighted by Crippen LogP contribution is 2.28. The predicted molar refractivity (Wildman–Crippen MR) is 135 cm³/mol. The number of fused-ring (bicyclic) bond motifs is 1. The third kappa shape index (κ3) is 5.82. The highest BCUT2D eigenvalue weighted by molar-refractivity contribution is 6.30. The van der Waals surface area contributed by atoms with Crippen LogP contribution in [0.3, 0.4) is 0 Å². The number of aromatic nitrogens is 2. The molecule has 2 aliphatic rings. The molecule has 1 aliphatic heterocycles. The third-order valence-electron chi connectivity index (χ3n) is 6.39. The first-order chi connectivity index (χ1) is 17.1. The van der Waals surface area contributed by atoms with Gasteiger partial charge in [0, 0.05) is 43.8 Å². The Labute approximate surface area is 209 Å². The average Bonchev–Trinajstić information content (AvgIpc) is 2.88. The Balaban J connectivity index is 1.26. The van der Waals surface area contributed by atoms with Gasteiger partial charge in [-0.1, -0.05) is 29.8 Å². The van der Waals surface area contributed by atoms with Crippen LogP contribution in [-0.4, -0.2) is 52.0 Å². The summed E-state index contributed by atoms with van der Waals surface area (Å²) in [6, 6.07) is 13.4. The van der Waals surface area contributed by atoms with Crippen molar-refractivity contribution in [2.24, 2.45) is 0 Å². The molecule has 1 N–H and O–H groups in total. The average molecular weight is 494 g/mol. The maximum Gasteiger partial charge on any atom is 0.258 e. The Bertz CT molecular complexity index is 1270. The largest absolute Gasteiger partial charge is 0.487 e. The van der Waals surface area contributed by atoms with Crippen molar-refractivity contribution in [3.63, 3.8) is 0 Å². The van der Waals surface area contributed by atoms with E-state index in [0.717, 1.165) is 49.4 Å². The van der Waals surface area contributed by atoms with Gasteiger partial charge < -0.3 is 14.6 Å². The van der Waals surface area contributed by atoms with Crippen LogP contribution in [-0.2, 0) is 24.3 Å². The Hall–Kier alpha value is -2.97. The molecule has 1 fully saturated rings. The minimum atomic E-state index is -0.122. The molecule has 0 bridgehead atoms. The van der Waals surface area contributed by atoms with Crippen LogP contribution in [0.4, 0.5) is 0 Å². The first-order valence-electron chi connectivity index (χ1n) is 11.8. The number of benzene rings is 1. The Kier molecular flexibility index (Phi) is 7.29. The maximum absolute atomic E-state index is 12.8. The van der Waals surface area contributed by atoms with Gasteiger partial charge in [0.2, 0.25) is 0 Å². The zero-order valence-corrected chi connectivity index (χ0v) is 20.2. The van der Waals surface area contributed by atoms with E-state index in [1.807, 2.05) is 0 Å². The maximum atomic E-state index is 12.8. The lowest BCUT2D eigenvalue weighted by Crippen LogP contribution is -2.43. The number of allylic oxidation sites excluding steroid dienone is 1. The predicted octanol–water partition coefficient (Wildman–Crippen LogP) is 3.61. The third-order valence-corrected chi connectivity index (χ3v) is 6.61. The van der Waals surface area contributed by atoms with Crippen molar-refractivity contribution in [2.45, 2.75) is 32.1 Å². The molecule has 0 spiro atoms. The summed E-state index contributed by atoms with van der Waals surface area (Å²) in [5.74, 6) is 0.510. The summed E-state index contributed by atoms with van der Waals surface area (Å²) in [5.41, 5.74) is 5.29. The van der Waals surface area contributed by atoms with Gasteiger partial charge in [0.25, 0.3) is 5.56 Å². The number of halogens is 1. The van der Waals surface area contributed by atoms with Gasteiger partial charge in [-0.15, -0.1) is 0 Å². The van der Waals surface area contributed by atoms with E-state index in [-0.39, 0.29) is 24.9 Å². The molecule has 3 aromatic rings. The number of aliphatic hydroxyl groups excluding tert-OH is 1. The summed E-state index contributed by atoms with van der Waals surface area (Å²) in [6.45, 7) is 3.44. The molecule has 0 amide bonds. The zero-order valence-electron chi connectivity index (χ0n) is 19.4. The lowest BCUT2D eigenvalue weighted by Gasteiger charge is -2.32. The first-order valence-corrected chi connectivity index (χ1v) is 12.2. The molecular weight excluding hydrogens is 466 g/mol. The smallest absolute Gasteiger partial charge is 0.258 e. The quantitative estimate of drug-likeness (QED) is 0.542. The number of aryl methyl sites for hydroxylation is 1. The molecule has 0 unspecified atom stereocenters. The lowest BCUT2D eigenvalue weighted by molar-refractivity contribution is -0.0551. The van der Waals surface area contributed by atoms with E-state index in [9.17, 15) is 9.90 Å². The van der Waals surface area contributed by atoms with Crippen LogP contribution in [0.25, 0.3) is 11.8 Å². The summed E-state index contributed by atoms with van der Waals surface area (Å²) in [5, 5.41) is 9.95. The van der Waals surface area contributed by atoms with Gasteiger partial charge in [0.05, 0.1) is 30.0 Å². The molecule has 182 valence electrons. The Morgan fingerprint density at radius 3 is 2.89 bits per heavy atom. The van der Waals surface area contributed by atoms with Crippen molar-refractivity contribution >= 4 is 23.4 Å². The number of pyridine rings is 2. The molecular formula is C27H28ClN3O4. The van der Waals surface area contributed by atoms with Gasteiger partial charge in [-0.25, -0.2) is 0 Å². The normalized spacial score (nSPS) is 18.1. The highest BCUT2D eigenvalue weighted by Gasteiger charge is 2.20. The van der Waals surface area contributed by atoms with Crippen LogP contribution in [0.2, 0.25) is 5.02 Å². The van der Waals surface area contributed by atoms with Crippen LogP contribution < -0.4 is 10.3 Å². The number of hydrogen-bond acceptors (Lipinski definition) is 6. The van der Waals surface area contributed by atoms with E-state index in [1.165, 1.54) is 17.2 Å². The SMILES string of the molecule is O=c1cc(OCc2ccc(Cl)cn2)ccn1C1=Cc2ccc(CN3CCO[C@@H](CO)C3)cc2CC1. The second-order valence-electron chi connectivity index (χ2n) is 8.91. The number of rotatable bonds is 7. The van der Waals surface area contributed by atoms with E-state index in [0.29, 0.717) is 17.4 Å². The van der Waals surface area contributed by atoms with Gasteiger partial charge in [-0.2, -0.15) is 0 Å². The number of morpholine rings is 1. The molecule has 1 saturated heterocycles. The Morgan fingerprint density at radius 1 is 1.17 bits per heavy atom. The zero-order chi connectivity index (χ0) is 24.2. The number of hydrogen-bond donors (Lipinski definition) is 1. The van der Waals surface area contributed by atoms with Crippen molar-refractivity contribution in [1.29, 1.82) is 0 Å². The summed E-state index contributed by atoms with van der Waals surface area (Å²) >= 11 is 5.86. The minimum absolute atomic E-state index is 0.0558. The fourth-order valence-electron chi connectivity index (χ4n) is 4.55. The van der Waals surface area contributed by atoms with Crippen LogP contribution in [0.5, 0.6) is 5.75 Å². The van der Waals surface area contributed by atoms with Crippen LogP contribution >= 0.6 is 11.6 Å². The second-order valence-corrected chi connectivity index (χ2v) is 9.34. The lowest BCUT2D eigenvalue weighted by atomic mass is 9.93. The number of nitrogens with zero attached hydrogens (tertiary/aromatic N) is 3. The molecule has 35 heavy (non-hydrogen) atoms. The van der Waals surface area contributed by atoms with Crippen LogP contribution in [0, 0.1) is 0 Å². The van der Waals surface area contributed by atoms with Crippen LogP contribution in [0.15, 0.2) is 59.7 Å². The van der Waals surface area contributed by atoms with E-state index in [4.69, 9.17) is 21.1 Å². The van der Waals surface area contributed by atoms with Gasteiger partial charge in [-0.3, -0.25) is 19.2 Å². The number of aliphatic hydroxyl groups is 1. The van der Waals surface area contributed by atoms with Gasteiger partial charge in [0.1, 0.15) is 12.4 Å². The summed E-state index contributed by atoms with van der Waals surface area (Å²) in [4.78, 5) is 19.3. The molecule has 0 radical (unpaired) electrons. The molecule has 2 aromatic heterocycles. The van der Waals surface area contributed by atoms with Gasteiger partial charge >= 0.3 is 0 Å². The second kappa shape index (κ2) is 10.7. The van der Waals surface area contributed by atoms with Gasteiger partial charge in [0.15, 0.2) is 0 Å². The van der Waals surface area contributed by atoms with Crippen LogP contribution in [0.1, 0.15) is 28.8 Å². The van der Waals surface area contributed by atoms with Crippen molar-refractivity contribution in [3.05, 3.63) is 92.6 Å². The molecule has 5 rings (SSSR count). The van der Waals surface area contributed by atoms with E-state index in [2.05, 4.69) is 34.2 Å². The van der Waals surface area contributed by atoms with Crippen molar-refractivity contribution in [3.8, 4) is 5.75 Å². The molecule has 7 nitrogen and oxygen atoms in total. The monoisotopic (exact) mass is 493 g/mol. The molecule has 1 aromatic carbocycles. The first kappa shape index (κ1) is 23.8. The van der Waals surface area contributed by atoms with Gasteiger partial charge in [-0.05, 0) is 53.8 Å². The van der Waals surface area contributed by atoms with Crippen molar-refractivity contribution in [2.75, 3.05) is 26.3 Å². The molecule has 3 heterocycles. The fourth-order valence-corrected chi connectivity index (χ4v) is 4.66. The standard InChI is InChI=1S/C27H28ClN3O4/c28-22-4-5-23(29-14-22)18-35-25-7-8-31(27(33)13-25)24-6-3-20-11-19(1-2-21(20)12-24)15-30-9-10-34-26(16-30)17-32/h1-2,4-5,7-8,11-14,26,32H,3,6,9-10,15-18H2/t26-/m1/s1.